The quantitative estimate of drug-likeness (QED) is 0.825. The molecular formula is C11H16N2O3. The first kappa shape index (κ1) is 12.4. The van der Waals surface area contributed by atoms with Gasteiger partial charge >= 0.3 is 5.97 Å². The Morgan fingerprint density at radius 2 is 2.19 bits per heavy atom. The molecule has 1 atom stereocenters. The summed E-state index contributed by atoms with van der Waals surface area (Å²) in [4.78, 5) is 19.1. The van der Waals surface area contributed by atoms with Crippen molar-refractivity contribution in [3.63, 3.8) is 0 Å². The normalized spacial score (nSPS) is 12.2. The van der Waals surface area contributed by atoms with Crippen LogP contribution >= 0.6 is 0 Å². The number of ether oxygens (including phenoxy) is 1. The molecule has 16 heavy (non-hydrogen) atoms. The number of carboxylic acid groups (broad SMARTS) is 1. The summed E-state index contributed by atoms with van der Waals surface area (Å²) < 4.78 is 5.31. The van der Waals surface area contributed by atoms with Gasteiger partial charge in [-0.2, -0.15) is 0 Å². The van der Waals surface area contributed by atoms with Crippen LogP contribution in [0.4, 0.5) is 0 Å². The lowest BCUT2D eigenvalue weighted by atomic mass is 9.99. The van der Waals surface area contributed by atoms with Crippen molar-refractivity contribution in [1.29, 1.82) is 0 Å². The lowest BCUT2D eigenvalue weighted by Crippen LogP contribution is -2.14. The average Bonchev–Trinajstić information content (AvgIpc) is 2.24. The minimum absolute atomic E-state index is 0.465. The van der Waals surface area contributed by atoms with E-state index in [1.807, 2.05) is 13.8 Å². The second-order valence-electron chi connectivity index (χ2n) is 3.42. The second kappa shape index (κ2) is 5.44. The van der Waals surface area contributed by atoms with Gasteiger partial charge in [-0.3, -0.25) is 4.79 Å². The molecule has 5 nitrogen and oxygen atoms in total. The van der Waals surface area contributed by atoms with E-state index in [-0.39, 0.29) is 0 Å². The number of nitrogens with zero attached hydrogens (tertiary/aromatic N) is 2. The van der Waals surface area contributed by atoms with Gasteiger partial charge in [0, 0.05) is 5.56 Å². The molecule has 0 spiro atoms. The monoisotopic (exact) mass is 224 g/mol. The fourth-order valence-electron chi connectivity index (χ4n) is 1.57. The molecule has 0 amide bonds. The zero-order chi connectivity index (χ0) is 12.1. The Hall–Kier alpha value is -1.65. The molecular weight excluding hydrogens is 208 g/mol. The van der Waals surface area contributed by atoms with Crippen LogP contribution in [0, 0.1) is 6.92 Å². The van der Waals surface area contributed by atoms with Crippen LogP contribution in [0.5, 0.6) is 5.88 Å². The highest BCUT2D eigenvalue weighted by atomic mass is 16.5. The molecule has 1 unspecified atom stereocenters. The molecule has 0 aliphatic rings. The fourth-order valence-corrected chi connectivity index (χ4v) is 1.57. The highest BCUT2D eigenvalue weighted by molar-refractivity contribution is 5.76. The number of carbonyl (C=O) groups is 1. The maximum Gasteiger partial charge on any atom is 0.312 e. The first-order valence-corrected chi connectivity index (χ1v) is 5.28. The van der Waals surface area contributed by atoms with Gasteiger partial charge in [0.2, 0.25) is 5.88 Å². The smallest absolute Gasteiger partial charge is 0.312 e. The Morgan fingerprint density at radius 1 is 1.50 bits per heavy atom. The maximum absolute atomic E-state index is 11.1. The molecule has 0 fully saturated rings. The molecule has 0 radical (unpaired) electrons. The van der Waals surface area contributed by atoms with E-state index in [4.69, 9.17) is 9.84 Å². The van der Waals surface area contributed by atoms with Crippen molar-refractivity contribution in [3.05, 3.63) is 17.6 Å². The van der Waals surface area contributed by atoms with E-state index in [9.17, 15) is 4.79 Å². The van der Waals surface area contributed by atoms with Crippen LogP contribution in [0.3, 0.4) is 0 Å². The molecule has 0 aliphatic carbocycles. The van der Waals surface area contributed by atoms with Crippen molar-refractivity contribution in [3.8, 4) is 5.88 Å². The highest BCUT2D eigenvalue weighted by Gasteiger charge is 2.23. The molecule has 0 aliphatic heterocycles. The van der Waals surface area contributed by atoms with Crippen molar-refractivity contribution in [2.45, 2.75) is 33.1 Å². The third-order valence-electron chi connectivity index (χ3n) is 2.39. The number of carboxylic acids is 1. The molecule has 0 bridgehead atoms. The highest BCUT2D eigenvalue weighted by Crippen LogP contribution is 2.25. The minimum atomic E-state index is -0.869. The summed E-state index contributed by atoms with van der Waals surface area (Å²) in [7, 11) is 0. The Bertz CT molecular complexity index is 379. The second-order valence-corrected chi connectivity index (χ2v) is 3.42. The summed E-state index contributed by atoms with van der Waals surface area (Å²) in [6.07, 6.45) is 1.84. The van der Waals surface area contributed by atoms with Crippen LogP contribution in [0.15, 0.2) is 6.33 Å². The molecule has 88 valence electrons. The summed E-state index contributed by atoms with van der Waals surface area (Å²) in [6, 6.07) is 0. The third-order valence-corrected chi connectivity index (χ3v) is 2.39. The van der Waals surface area contributed by atoms with Crippen molar-refractivity contribution in [2.75, 3.05) is 6.61 Å². The van der Waals surface area contributed by atoms with Gasteiger partial charge in [0.15, 0.2) is 0 Å². The van der Waals surface area contributed by atoms with E-state index in [1.165, 1.54) is 6.33 Å². The van der Waals surface area contributed by atoms with Crippen LogP contribution in [-0.4, -0.2) is 27.7 Å². The van der Waals surface area contributed by atoms with Gasteiger partial charge < -0.3 is 9.84 Å². The van der Waals surface area contributed by atoms with Crippen LogP contribution in [0.1, 0.15) is 37.4 Å². The number of aromatic nitrogens is 2. The van der Waals surface area contributed by atoms with Crippen molar-refractivity contribution >= 4 is 5.97 Å². The van der Waals surface area contributed by atoms with Gasteiger partial charge in [-0.1, -0.05) is 6.92 Å². The topological polar surface area (TPSA) is 72.3 Å². The van der Waals surface area contributed by atoms with Crippen LogP contribution in [-0.2, 0) is 4.79 Å². The molecule has 1 aromatic rings. The number of aliphatic carboxylic acids is 1. The first-order chi connectivity index (χ1) is 7.61. The molecule has 1 N–H and O–H groups in total. The fraction of sp³-hybridized carbons (Fsp3) is 0.545. The van der Waals surface area contributed by atoms with E-state index in [2.05, 4.69) is 9.97 Å². The summed E-state index contributed by atoms with van der Waals surface area (Å²) in [5.74, 6) is -0.999. The van der Waals surface area contributed by atoms with E-state index < -0.39 is 11.9 Å². The molecule has 1 heterocycles. The van der Waals surface area contributed by atoms with Crippen molar-refractivity contribution in [1.82, 2.24) is 9.97 Å². The standard InChI is InChI=1S/C11H16N2O3/c1-4-8(11(14)15)9-7(3)10(16-5-2)13-6-12-9/h6,8H,4-5H2,1-3H3,(H,14,15). The van der Waals surface area contributed by atoms with Gasteiger partial charge in [0.25, 0.3) is 0 Å². The number of rotatable bonds is 5. The van der Waals surface area contributed by atoms with Crippen LogP contribution < -0.4 is 4.74 Å². The van der Waals surface area contributed by atoms with Crippen molar-refractivity contribution in [2.24, 2.45) is 0 Å². The summed E-state index contributed by atoms with van der Waals surface area (Å²) in [6.45, 7) is 5.96. The number of hydrogen-bond acceptors (Lipinski definition) is 4. The van der Waals surface area contributed by atoms with Crippen LogP contribution in [0.25, 0.3) is 0 Å². The Kier molecular flexibility index (Phi) is 4.22. The van der Waals surface area contributed by atoms with Gasteiger partial charge in [-0.25, -0.2) is 9.97 Å². The average molecular weight is 224 g/mol. The Labute approximate surface area is 94.5 Å². The molecule has 1 rings (SSSR count). The van der Waals surface area contributed by atoms with Crippen molar-refractivity contribution < 1.29 is 14.6 Å². The first-order valence-electron chi connectivity index (χ1n) is 5.28. The SMILES string of the molecule is CCOc1ncnc(C(CC)C(=O)O)c1C. The Balaban J connectivity index is 3.12. The molecule has 0 aromatic carbocycles. The maximum atomic E-state index is 11.1. The lowest BCUT2D eigenvalue weighted by molar-refractivity contribution is -0.139. The van der Waals surface area contributed by atoms with E-state index in [1.54, 1.807) is 6.92 Å². The van der Waals surface area contributed by atoms with E-state index >= 15 is 0 Å². The molecule has 0 saturated heterocycles. The summed E-state index contributed by atoms with van der Waals surface area (Å²) >= 11 is 0. The van der Waals surface area contributed by atoms with Crippen LogP contribution in [0.2, 0.25) is 0 Å². The largest absolute Gasteiger partial charge is 0.481 e. The predicted octanol–water partition coefficient (Wildman–Crippen LogP) is 1.76. The lowest BCUT2D eigenvalue weighted by Gasteiger charge is -2.13. The Morgan fingerprint density at radius 3 is 2.69 bits per heavy atom. The van der Waals surface area contributed by atoms with E-state index in [0.29, 0.717) is 30.2 Å². The van der Waals surface area contributed by atoms with Gasteiger partial charge in [-0.15, -0.1) is 0 Å². The molecule has 0 saturated carbocycles. The van der Waals surface area contributed by atoms with E-state index in [0.717, 1.165) is 0 Å². The predicted molar refractivity (Wildman–Crippen MR) is 58.6 cm³/mol. The van der Waals surface area contributed by atoms with Gasteiger partial charge in [-0.05, 0) is 20.3 Å². The number of hydrogen-bond donors (Lipinski definition) is 1. The zero-order valence-corrected chi connectivity index (χ0v) is 9.73. The molecule has 1 aromatic heterocycles. The minimum Gasteiger partial charge on any atom is -0.481 e. The van der Waals surface area contributed by atoms with Gasteiger partial charge in [0.1, 0.15) is 6.33 Å². The molecule has 5 heteroatoms. The zero-order valence-electron chi connectivity index (χ0n) is 9.73. The summed E-state index contributed by atoms with van der Waals surface area (Å²) in [5.41, 5.74) is 1.24. The summed E-state index contributed by atoms with van der Waals surface area (Å²) in [5, 5.41) is 9.07. The third kappa shape index (κ3) is 2.48. The van der Waals surface area contributed by atoms with Gasteiger partial charge in [0.05, 0.1) is 18.2 Å².